The lowest BCUT2D eigenvalue weighted by Crippen LogP contribution is -2.18. The normalized spacial score (nSPS) is 12.7. The Morgan fingerprint density at radius 2 is 0.978 bits per heavy atom. The van der Waals surface area contributed by atoms with Crippen LogP contribution < -0.4 is 4.90 Å². The summed E-state index contributed by atoms with van der Waals surface area (Å²) in [5.74, 6) is 0. The topological polar surface area (TPSA) is 26.2 Å². The van der Waals surface area contributed by atoms with Crippen LogP contribution in [0.1, 0.15) is 0 Å². The second-order valence-electron chi connectivity index (χ2n) is 12.1. The van der Waals surface area contributed by atoms with Gasteiger partial charge in [-0.05, 0) is 60.7 Å². The highest BCUT2D eigenvalue weighted by atomic mass is 16.3. The second-order valence-corrected chi connectivity index (χ2v) is 12.1. The number of rotatable bonds is 2. The van der Waals surface area contributed by atoms with E-state index in [2.05, 4.69) is 160 Å². The zero-order valence-electron chi connectivity index (χ0n) is 24.7. The van der Waals surface area contributed by atoms with Gasteiger partial charge in [0.1, 0.15) is 5.58 Å². The molecule has 0 unspecified atom stereocenters. The fourth-order valence-corrected chi connectivity index (χ4v) is 8.02. The number of furan rings is 1. The summed E-state index contributed by atoms with van der Waals surface area (Å²) in [6.07, 6.45) is 0. The minimum Gasteiger partial charge on any atom is -0.454 e. The Bertz CT molecular complexity index is 2870. The molecule has 214 valence electrons. The van der Waals surface area contributed by atoms with Gasteiger partial charge in [-0.25, -0.2) is 0 Å². The molecule has 0 amide bonds. The molecule has 4 nitrogen and oxygen atoms in total. The maximum absolute atomic E-state index is 6.59. The zero-order valence-corrected chi connectivity index (χ0v) is 24.7. The first kappa shape index (κ1) is 24.1. The second kappa shape index (κ2) is 8.68. The molecule has 0 N–H and O–H groups in total. The fraction of sp³-hybridized carbons (Fsp3) is 0. The van der Waals surface area contributed by atoms with Crippen molar-refractivity contribution in [3.8, 4) is 11.4 Å². The van der Waals surface area contributed by atoms with Crippen molar-refractivity contribution in [3.63, 3.8) is 0 Å². The van der Waals surface area contributed by atoms with Gasteiger partial charge < -0.3 is 18.5 Å². The minimum absolute atomic E-state index is 0.897. The van der Waals surface area contributed by atoms with Crippen molar-refractivity contribution in [1.82, 2.24) is 9.13 Å². The van der Waals surface area contributed by atoms with Gasteiger partial charge in [0.05, 0.1) is 44.8 Å². The van der Waals surface area contributed by atoms with Crippen LogP contribution in [0.5, 0.6) is 0 Å². The van der Waals surface area contributed by atoms with Crippen molar-refractivity contribution in [2.45, 2.75) is 0 Å². The summed E-state index contributed by atoms with van der Waals surface area (Å²) in [4.78, 5) is 2.39. The van der Waals surface area contributed by atoms with Crippen LogP contribution in [-0.4, -0.2) is 9.13 Å². The average molecular weight is 588 g/mol. The van der Waals surface area contributed by atoms with Crippen LogP contribution in [0, 0.1) is 0 Å². The summed E-state index contributed by atoms with van der Waals surface area (Å²) in [5, 5.41) is 7.31. The van der Waals surface area contributed by atoms with Crippen molar-refractivity contribution >= 4 is 82.6 Å². The molecular weight excluding hydrogens is 562 g/mol. The van der Waals surface area contributed by atoms with Crippen LogP contribution in [0.25, 0.3) is 76.9 Å². The van der Waals surface area contributed by atoms with Crippen molar-refractivity contribution < 1.29 is 4.42 Å². The molecule has 1 aliphatic rings. The van der Waals surface area contributed by atoms with E-state index < -0.39 is 0 Å². The Balaban J connectivity index is 1.30. The highest BCUT2D eigenvalue weighted by Gasteiger charge is 2.31. The summed E-state index contributed by atoms with van der Waals surface area (Å²) < 4.78 is 11.5. The maximum atomic E-state index is 6.59. The lowest BCUT2D eigenvalue weighted by molar-refractivity contribution is 0.669. The summed E-state index contributed by atoms with van der Waals surface area (Å²) in [6.45, 7) is 0. The number of hydrogen-bond donors (Lipinski definition) is 0. The third-order valence-corrected chi connectivity index (χ3v) is 9.81. The van der Waals surface area contributed by atoms with E-state index in [9.17, 15) is 0 Å². The van der Waals surface area contributed by atoms with E-state index in [0.717, 1.165) is 50.4 Å². The smallest absolute Gasteiger partial charge is 0.159 e. The first-order valence-corrected chi connectivity index (χ1v) is 15.7. The molecule has 0 aliphatic carbocycles. The van der Waals surface area contributed by atoms with Crippen LogP contribution >= 0.6 is 0 Å². The largest absolute Gasteiger partial charge is 0.454 e. The number of anilines is 3. The van der Waals surface area contributed by atoms with Gasteiger partial charge in [-0.2, -0.15) is 0 Å². The minimum atomic E-state index is 0.897. The van der Waals surface area contributed by atoms with Crippen LogP contribution in [0.4, 0.5) is 17.1 Å². The van der Waals surface area contributed by atoms with Gasteiger partial charge in [0.2, 0.25) is 0 Å². The molecule has 0 bridgehead atoms. The van der Waals surface area contributed by atoms with Crippen molar-refractivity contribution in [1.29, 1.82) is 0 Å². The first-order chi connectivity index (χ1) is 22.9. The highest BCUT2D eigenvalue weighted by Crippen LogP contribution is 2.53. The summed E-state index contributed by atoms with van der Waals surface area (Å²) in [5.41, 5.74) is 12.2. The Hall–Kier alpha value is -6.26. The Labute approximate surface area is 263 Å². The van der Waals surface area contributed by atoms with E-state index in [1.807, 2.05) is 6.07 Å². The molecule has 0 atom stereocenters. The summed E-state index contributed by atoms with van der Waals surface area (Å²) in [6, 6.07) is 54.4. The molecule has 0 radical (unpaired) electrons. The monoisotopic (exact) mass is 587 g/mol. The molecule has 0 fully saturated rings. The fourth-order valence-electron chi connectivity index (χ4n) is 8.02. The molecule has 10 aromatic rings. The van der Waals surface area contributed by atoms with Gasteiger partial charge in [0.25, 0.3) is 0 Å². The predicted octanol–water partition coefficient (Wildman–Crippen LogP) is 11.6. The maximum Gasteiger partial charge on any atom is 0.159 e. The number of aromatic nitrogens is 2. The lowest BCUT2D eigenvalue weighted by atomic mass is 10.0. The average Bonchev–Trinajstić information content (AvgIpc) is 3.78. The predicted molar refractivity (Wildman–Crippen MR) is 191 cm³/mol. The van der Waals surface area contributed by atoms with Gasteiger partial charge in [-0.3, -0.25) is 0 Å². The van der Waals surface area contributed by atoms with Crippen molar-refractivity contribution in [2.24, 2.45) is 0 Å². The van der Waals surface area contributed by atoms with E-state index in [4.69, 9.17) is 4.42 Å². The standard InChI is InChI=1S/C42H25N3O/c1-2-12-26(13-3-1)43-31-18-6-4-15-29(31)39-34(43)24-25-35-40(39)30-17-11-21-36-41(30)45(35)33-20-8-7-19-32(33)44(36)37-22-10-16-28-27-14-5-9-23-38(27)46-42(28)37/h1-25H. The Kier molecular flexibility index (Phi) is 4.55. The molecule has 11 rings (SSSR count). The zero-order chi connectivity index (χ0) is 29.9. The number of nitrogens with zero attached hydrogens (tertiary/aromatic N) is 3. The molecule has 0 spiro atoms. The Morgan fingerprint density at radius 3 is 1.85 bits per heavy atom. The molecule has 4 heterocycles. The van der Waals surface area contributed by atoms with Gasteiger partial charge >= 0.3 is 0 Å². The van der Waals surface area contributed by atoms with E-state index in [1.165, 1.54) is 43.6 Å². The molecule has 4 heteroatoms. The van der Waals surface area contributed by atoms with Crippen LogP contribution in [0.3, 0.4) is 0 Å². The van der Waals surface area contributed by atoms with Gasteiger partial charge in [-0.15, -0.1) is 0 Å². The Morgan fingerprint density at radius 1 is 0.370 bits per heavy atom. The molecule has 0 saturated carbocycles. The number of benzene rings is 7. The third kappa shape index (κ3) is 2.94. The van der Waals surface area contributed by atoms with Crippen molar-refractivity contribution in [3.05, 3.63) is 152 Å². The SMILES string of the molecule is c1ccc(-n2c3ccccc3c3c4c5cccc6c5n(c4ccc32)-c2ccccc2N6c2cccc3c2oc2ccccc23)cc1. The number of hydrogen-bond acceptors (Lipinski definition) is 2. The third-order valence-electron chi connectivity index (χ3n) is 9.81. The van der Waals surface area contributed by atoms with E-state index in [1.54, 1.807) is 0 Å². The molecule has 1 aliphatic heterocycles. The molecule has 7 aromatic carbocycles. The van der Waals surface area contributed by atoms with E-state index in [0.29, 0.717) is 0 Å². The molecule has 3 aromatic heterocycles. The number of fused-ring (bicyclic) bond motifs is 12. The van der Waals surface area contributed by atoms with Crippen molar-refractivity contribution in [2.75, 3.05) is 4.90 Å². The quantitative estimate of drug-likeness (QED) is 0.201. The van der Waals surface area contributed by atoms with Gasteiger partial charge in [-0.1, -0.05) is 91.0 Å². The van der Waals surface area contributed by atoms with E-state index in [-0.39, 0.29) is 0 Å². The molecule has 0 saturated heterocycles. The summed E-state index contributed by atoms with van der Waals surface area (Å²) in [7, 11) is 0. The number of para-hydroxylation sites is 7. The first-order valence-electron chi connectivity index (χ1n) is 15.7. The highest BCUT2D eigenvalue weighted by molar-refractivity contribution is 6.31. The van der Waals surface area contributed by atoms with Gasteiger partial charge in [0.15, 0.2) is 5.58 Å². The molecule has 46 heavy (non-hydrogen) atoms. The van der Waals surface area contributed by atoms with E-state index >= 15 is 0 Å². The molecular formula is C42H25N3O. The summed E-state index contributed by atoms with van der Waals surface area (Å²) >= 11 is 0. The lowest BCUT2D eigenvalue weighted by Gasteiger charge is -2.33. The van der Waals surface area contributed by atoms with Crippen LogP contribution in [0.2, 0.25) is 0 Å². The van der Waals surface area contributed by atoms with Crippen LogP contribution in [-0.2, 0) is 0 Å². The van der Waals surface area contributed by atoms with Crippen LogP contribution in [0.15, 0.2) is 156 Å². The van der Waals surface area contributed by atoms with Gasteiger partial charge in [0, 0.05) is 38.0 Å².